The molecule has 3 heterocycles. The van der Waals surface area contributed by atoms with Gasteiger partial charge in [-0.25, -0.2) is 8.78 Å². The molecule has 0 radical (unpaired) electrons. The number of rotatable bonds is 2. The van der Waals surface area contributed by atoms with Gasteiger partial charge in [-0.15, -0.1) is 0 Å². The maximum absolute atomic E-state index is 14.5. The van der Waals surface area contributed by atoms with Crippen LogP contribution in [0.25, 0.3) is 0 Å². The molecular formula is C17H14F2N2O4. The number of ether oxygens (including phenoxy) is 1. The van der Waals surface area contributed by atoms with Crippen molar-refractivity contribution in [3.8, 4) is 5.75 Å². The summed E-state index contributed by atoms with van der Waals surface area (Å²) in [6.45, 7) is 0.251. The van der Waals surface area contributed by atoms with E-state index in [1.807, 2.05) is 0 Å². The molecule has 1 amide bonds. The molecule has 130 valence electrons. The van der Waals surface area contributed by atoms with Crippen molar-refractivity contribution in [1.29, 1.82) is 0 Å². The average molecular weight is 348 g/mol. The number of carbonyl (C=O) groups excluding carboxylic acids is 2. The van der Waals surface area contributed by atoms with E-state index in [9.17, 15) is 18.4 Å². The SMILES string of the molecule is O=C[C@]12CCCN(C(=O)c3ccno3)[C@H]1COc1c(F)ccc(F)c12. The highest BCUT2D eigenvalue weighted by atomic mass is 19.1. The van der Waals surface area contributed by atoms with Crippen molar-refractivity contribution in [3.05, 3.63) is 47.4 Å². The van der Waals surface area contributed by atoms with Gasteiger partial charge in [0.15, 0.2) is 11.6 Å². The second-order valence-corrected chi connectivity index (χ2v) is 6.20. The largest absolute Gasteiger partial charge is 0.488 e. The van der Waals surface area contributed by atoms with Crippen LogP contribution in [0.15, 0.2) is 28.9 Å². The van der Waals surface area contributed by atoms with E-state index in [0.29, 0.717) is 25.7 Å². The summed E-state index contributed by atoms with van der Waals surface area (Å²) in [5.74, 6) is -2.14. The molecule has 2 aliphatic heterocycles. The monoisotopic (exact) mass is 348 g/mol. The first-order chi connectivity index (χ1) is 12.1. The number of aldehydes is 1. The number of nitrogens with zero attached hydrogens (tertiary/aromatic N) is 2. The molecule has 6 nitrogen and oxygen atoms in total. The van der Waals surface area contributed by atoms with Crippen molar-refractivity contribution in [1.82, 2.24) is 10.1 Å². The molecule has 1 aromatic carbocycles. The van der Waals surface area contributed by atoms with Gasteiger partial charge in [0.2, 0.25) is 5.76 Å². The average Bonchev–Trinajstić information content (AvgIpc) is 3.17. The standard InChI is InChI=1S/C17H14F2N2O4/c18-10-2-3-11(19)15-14(10)17(9-22)5-1-7-21(13(17)8-24-15)16(23)12-4-6-20-25-12/h2-4,6,9,13H,1,5,7-8H2/t13-,17+/m0/s1. The van der Waals surface area contributed by atoms with Crippen molar-refractivity contribution in [2.24, 2.45) is 0 Å². The minimum Gasteiger partial charge on any atom is -0.488 e. The number of amides is 1. The van der Waals surface area contributed by atoms with Crippen molar-refractivity contribution in [2.75, 3.05) is 13.2 Å². The van der Waals surface area contributed by atoms with Crippen molar-refractivity contribution in [2.45, 2.75) is 24.3 Å². The Morgan fingerprint density at radius 3 is 2.84 bits per heavy atom. The normalized spacial score (nSPS) is 24.9. The molecule has 2 aliphatic rings. The lowest BCUT2D eigenvalue weighted by molar-refractivity contribution is -0.118. The predicted octanol–water partition coefficient (Wildman–Crippen LogP) is 2.09. The molecule has 4 rings (SSSR count). The quantitative estimate of drug-likeness (QED) is 0.777. The number of hydrogen-bond acceptors (Lipinski definition) is 5. The lowest BCUT2D eigenvalue weighted by Gasteiger charge is -2.49. The highest BCUT2D eigenvalue weighted by molar-refractivity contribution is 5.92. The molecule has 25 heavy (non-hydrogen) atoms. The van der Waals surface area contributed by atoms with Gasteiger partial charge in [0.1, 0.15) is 18.7 Å². The van der Waals surface area contributed by atoms with E-state index in [1.165, 1.54) is 17.2 Å². The first kappa shape index (κ1) is 15.7. The molecule has 1 fully saturated rings. The fraction of sp³-hybridized carbons (Fsp3) is 0.353. The highest BCUT2D eigenvalue weighted by Gasteiger charge is 2.54. The number of benzene rings is 1. The summed E-state index contributed by atoms with van der Waals surface area (Å²) in [6, 6.07) is 2.60. The molecule has 0 aliphatic carbocycles. The summed E-state index contributed by atoms with van der Waals surface area (Å²) in [6.07, 6.45) is 2.72. The van der Waals surface area contributed by atoms with E-state index in [1.54, 1.807) is 0 Å². The van der Waals surface area contributed by atoms with Crippen LogP contribution in [-0.2, 0) is 10.2 Å². The molecule has 0 unspecified atom stereocenters. The Morgan fingerprint density at radius 2 is 2.12 bits per heavy atom. The second-order valence-electron chi connectivity index (χ2n) is 6.20. The van der Waals surface area contributed by atoms with Gasteiger partial charge in [-0.3, -0.25) is 4.79 Å². The smallest absolute Gasteiger partial charge is 0.292 e. The van der Waals surface area contributed by atoms with E-state index in [4.69, 9.17) is 9.26 Å². The summed E-state index contributed by atoms with van der Waals surface area (Å²) >= 11 is 0. The van der Waals surface area contributed by atoms with Gasteiger partial charge in [0.25, 0.3) is 5.91 Å². The van der Waals surface area contributed by atoms with Gasteiger partial charge in [-0.2, -0.15) is 0 Å². The zero-order valence-corrected chi connectivity index (χ0v) is 13.1. The van der Waals surface area contributed by atoms with Crippen LogP contribution in [0.1, 0.15) is 29.0 Å². The van der Waals surface area contributed by atoms with Crippen LogP contribution in [0.2, 0.25) is 0 Å². The number of fused-ring (bicyclic) bond motifs is 3. The summed E-state index contributed by atoms with van der Waals surface area (Å²) < 4.78 is 38.9. The Hall–Kier alpha value is -2.77. The van der Waals surface area contributed by atoms with Crippen molar-refractivity contribution >= 4 is 12.2 Å². The molecule has 0 spiro atoms. The molecule has 0 saturated carbocycles. The molecule has 0 N–H and O–H groups in total. The number of halogens is 2. The minimum atomic E-state index is -1.35. The second kappa shape index (κ2) is 5.65. The van der Waals surface area contributed by atoms with Crippen LogP contribution in [0, 0.1) is 11.6 Å². The molecule has 0 bridgehead atoms. The van der Waals surface area contributed by atoms with E-state index in [2.05, 4.69) is 5.16 Å². The van der Waals surface area contributed by atoms with Crippen LogP contribution < -0.4 is 4.74 Å². The minimum absolute atomic E-state index is 0.0206. The maximum Gasteiger partial charge on any atom is 0.292 e. The Morgan fingerprint density at radius 1 is 1.32 bits per heavy atom. The molecule has 8 heteroatoms. The fourth-order valence-electron chi connectivity index (χ4n) is 3.85. The molecule has 2 aromatic rings. The van der Waals surface area contributed by atoms with Gasteiger partial charge in [0, 0.05) is 18.2 Å². The molecule has 1 aromatic heterocycles. The zero-order valence-electron chi connectivity index (χ0n) is 13.1. The Kier molecular flexibility index (Phi) is 3.55. The van der Waals surface area contributed by atoms with E-state index < -0.39 is 29.0 Å². The third-order valence-corrected chi connectivity index (χ3v) is 4.99. The van der Waals surface area contributed by atoms with Crippen molar-refractivity contribution < 1.29 is 27.6 Å². The van der Waals surface area contributed by atoms with Gasteiger partial charge >= 0.3 is 0 Å². The van der Waals surface area contributed by atoms with Crippen LogP contribution in [0.3, 0.4) is 0 Å². The number of carbonyl (C=O) groups is 2. The number of aromatic nitrogens is 1. The van der Waals surface area contributed by atoms with E-state index in [0.717, 1.165) is 12.1 Å². The predicted molar refractivity (Wildman–Crippen MR) is 80.2 cm³/mol. The third-order valence-electron chi connectivity index (χ3n) is 4.99. The fourth-order valence-corrected chi connectivity index (χ4v) is 3.85. The van der Waals surface area contributed by atoms with Crippen LogP contribution >= 0.6 is 0 Å². The third kappa shape index (κ3) is 2.16. The highest BCUT2D eigenvalue weighted by Crippen LogP contribution is 2.47. The molecular weight excluding hydrogens is 334 g/mol. The maximum atomic E-state index is 14.5. The van der Waals surface area contributed by atoms with Crippen LogP contribution in [0.4, 0.5) is 8.78 Å². The lowest BCUT2D eigenvalue weighted by atomic mass is 9.67. The first-order valence-electron chi connectivity index (χ1n) is 7.88. The van der Waals surface area contributed by atoms with Gasteiger partial charge < -0.3 is 19.0 Å². The van der Waals surface area contributed by atoms with Gasteiger partial charge in [-0.05, 0) is 25.0 Å². The summed E-state index contributed by atoms with van der Waals surface area (Å²) in [7, 11) is 0. The summed E-state index contributed by atoms with van der Waals surface area (Å²) in [4.78, 5) is 26.2. The number of likely N-dealkylation sites (tertiary alicyclic amines) is 1. The van der Waals surface area contributed by atoms with Crippen LogP contribution in [-0.4, -0.2) is 41.4 Å². The molecule has 1 saturated heterocycles. The van der Waals surface area contributed by atoms with Crippen LogP contribution in [0.5, 0.6) is 5.75 Å². The Balaban J connectivity index is 1.83. The van der Waals surface area contributed by atoms with Crippen molar-refractivity contribution in [3.63, 3.8) is 0 Å². The Bertz CT molecular complexity index is 839. The summed E-state index contributed by atoms with van der Waals surface area (Å²) in [5, 5.41) is 3.51. The van der Waals surface area contributed by atoms with Gasteiger partial charge in [-0.1, -0.05) is 5.16 Å². The Labute approximate surface area is 141 Å². The summed E-state index contributed by atoms with van der Waals surface area (Å²) in [5.41, 5.74) is -1.47. The van der Waals surface area contributed by atoms with Gasteiger partial charge in [0.05, 0.1) is 17.7 Å². The number of hydrogen-bond donors (Lipinski definition) is 0. The van der Waals surface area contributed by atoms with E-state index >= 15 is 0 Å². The first-order valence-corrected chi connectivity index (χ1v) is 7.88. The van der Waals surface area contributed by atoms with E-state index in [-0.39, 0.29) is 23.7 Å². The topological polar surface area (TPSA) is 72.6 Å². The zero-order chi connectivity index (χ0) is 17.6. The lowest BCUT2D eigenvalue weighted by Crippen LogP contribution is -2.62. The molecule has 2 atom stereocenters. The number of piperidine rings is 1.